The van der Waals surface area contributed by atoms with E-state index in [1.165, 1.54) is 23.1 Å². The number of morpholine rings is 1. The van der Waals surface area contributed by atoms with Gasteiger partial charge in [0.05, 0.1) is 12.3 Å². The summed E-state index contributed by atoms with van der Waals surface area (Å²) in [5.41, 5.74) is 5.78. The van der Waals surface area contributed by atoms with Crippen molar-refractivity contribution in [1.29, 1.82) is 0 Å². The Hall–Kier alpha value is -2.99. The van der Waals surface area contributed by atoms with Gasteiger partial charge < -0.3 is 36.1 Å². The highest BCUT2D eigenvalue weighted by molar-refractivity contribution is 5.99. The zero-order chi connectivity index (χ0) is 21.4. The molecule has 1 atom stereocenters. The van der Waals surface area contributed by atoms with Crippen molar-refractivity contribution >= 4 is 29.2 Å². The zero-order valence-electron chi connectivity index (χ0n) is 15.7. The second kappa shape index (κ2) is 10.5. The van der Waals surface area contributed by atoms with Gasteiger partial charge in [0.25, 0.3) is 5.91 Å². The lowest BCUT2D eigenvalue weighted by Gasteiger charge is -2.28. The molecule has 0 bridgehead atoms. The molecular weight excluding hydrogens is 392 g/mol. The predicted octanol–water partition coefficient (Wildman–Crippen LogP) is 0.236. The molecule has 10 nitrogen and oxygen atoms in total. The van der Waals surface area contributed by atoms with Crippen molar-refractivity contribution in [3.05, 3.63) is 18.2 Å². The van der Waals surface area contributed by atoms with Gasteiger partial charge in [0.15, 0.2) is 5.75 Å². The Kier molecular flexibility index (Phi) is 8.09. The number of nitrogens with two attached hydrogens (primary N) is 1. The Bertz CT molecular complexity index is 749. The first-order valence-corrected chi connectivity index (χ1v) is 8.88. The van der Waals surface area contributed by atoms with Crippen LogP contribution in [0.1, 0.15) is 6.92 Å². The largest absolute Gasteiger partial charge is 0.433 e. The fourth-order valence-electron chi connectivity index (χ4n) is 2.61. The molecule has 1 saturated heterocycles. The number of nitrogens with zero attached hydrogens (tertiary/aromatic N) is 1. The zero-order valence-corrected chi connectivity index (χ0v) is 15.7. The summed E-state index contributed by atoms with van der Waals surface area (Å²) in [7, 11) is 0. The summed E-state index contributed by atoms with van der Waals surface area (Å²) in [6, 6.07) is 2.36. The van der Waals surface area contributed by atoms with Crippen molar-refractivity contribution in [2.45, 2.75) is 19.6 Å². The molecule has 160 valence electrons. The van der Waals surface area contributed by atoms with E-state index < -0.39 is 30.5 Å². The summed E-state index contributed by atoms with van der Waals surface area (Å²) in [5.74, 6) is -1.33. The maximum Gasteiger partial charge on any atom is 0.387 e. The van der Waals surface area contributed by atoms with Crippen molar-refractivity contribution in [3.8, 4) is 5.75 Å². The lowest BCUT2D eigenvalue weighted by atomic mass is 10.2. The molecule has 0 spiro atoms. The Labute approximate surface area is 165 Å². The molecule has 1 aliphatic heterocycles. The fraction of sp³-hybridized carbons (Fsp3) is 0.471. The molecule has 0 aromatic heterocycles. The van der Waals surface area contributed by atoms with E-state index in [0.717, 1.165) is 0 Å². The van der Waals surface area contributed by atoms with Gasteiger partial charge in [0.1, 0.15) is 12.6 Å². The third-order valence-electron chi connectivity index (χ3n) is 3.91. The van der Waals surface area contributed by atoms with Crippen LogP contribution in [0.4, 0.5) is 25.0 Å². The van der Waals surface area contributed by atoms with Crippen molar-refractivity contribution in [2.24, 2.45) is 5.73 Å². The van der Waals surface area contributed by atoms with Crippen molar-refractivity contribution in [3.63, 3.8) is 0 Å². The van der Waals surface area contributed by atoms with Crippen LogP contribution >= 0.6 is 0 Å². The van der Waals surface area contributed by atoms with Crippen LogP contribution in [0.15, 0.2) is 18.2 Å². The molecule has 1 heterocycles. The Balaban J connectivity index is 2.19. The summed E-state index contributed by atoms with van der Waals surface area (Å²) in [5, 5.41) is 7.35. The summed E-state index contributed by atoms with van der Waals surface area (Å²) < 4.78 is 35.3. The van der Waals surface area contributed by atoms with Crippen LogP contribution in [-0.2, 0) is 14.3 Å². The molecule has 0 aliphatic carbocycles. The molecule has 0 radical (unpaired) electrons. The van der Waals surface area contributed by atoms with E-state index in [9.17, 15) is 23.2 Å². The van der Waals surface area contributed by atoms with Crippen LogP contribution in [0.2, 0.25) is 0 Å². The number of amides is 4. The first-order chi connectivity index (χ1) is 13.8. The van der Waals surface area contributed by atoms with E-state index in [1.54, 1.807) is 6.92 Å². The highest BCUT2D eigenvalue weighted by atomic mass is 19.3. The van der Waals surface area contributed by atoms with Crippen molar-refractivity contribution in [2.75, 3.05) is 43.1 Å². The molecule has 12 heteroatoms. The molecule has 1 aromatic carbocycles. The molecule has 29 heavy (non-hydrogen) atoms. The van der Waals surface area contributed by atoms with E-state index in [4.69, 9.17) is 10.5 Å². The van der Waals surface area contributed by atoms with E-state index in [-0.39, 0.29) is 43.4 Å². The highest BCUT2D eigenvalue weighted by Gasteiger charge is 2.25. The van der Waals surface area contributed by atoms with Gasteiger partial charge in [-0.25, -0.2) is 4.79 Å². The third-order valence-corrected chi connectivity index (χ3v) is 3.91. The minimum atomic E-state index is -3.13. The number of hydrogen-bond donors (Lipinski definition) is 4. The molecule has 0 saturated carbocycles. The normalized spacial score (nSPS) is 15.1. The van der Waals surface area contributed by atoms with Gasteiger partial charge in [0, 0.05) is 31.4 Å². The summed E-state index contributed by atoms with van der Waals surface area (Å²) in [6.45, 7) is -0.979. The van der Waals surface area contributed by atoms with Crippen LogP contribution < -0.4 is 31.3 Å². The smallest absolute Gasteiger partial charge is 0.387 e. The molecule has 2 rings (SSSR count). The SMILES string of the molecule is CCNC(=O)N[C@H](CN)C(=O)Nc1ccc(N2CCOCC2=O)c(OC(F)F)c1. The number of urea groups is 1. The molecular formula is C17H23F2N5O5. The number of nitrogens with one attached hydrogen (secondary N) is 3. The second-order valence-corrected chi connectivity index (χ2v) is 5.94. The number of ether oxygens (including phenoxy) is 2. The number of carbonyl (C=O) groups is 3. The van der Waals surface area contributed by atoms with Crippen LogP contribution in [0.3, 0.4) is 0 Å². The van der Waals surface area contributed by atoms with Gasteiger partial charge in [-0.2, -0.15) is 8.78 Å². The Morgan fingerprint density at radius 2 is 2.14 bits per heavy atom. The van der Waals surface area contributed by atoms with Gasteiger partial charge in [-0.15, -0.1) is 0 Å². The minimum Gasteiger partial charge on any atom is -0.433 e. The fourth-order valence-corrected chi connectivity index (χ4v) is 2.61. The third kappa shape index (κ3) is 6.26. The maximum absolute atomic E-state index is 12.8. The van der Waals surface area contributed by atoms with Crippen molar-refractivity contribution < 1.29 is 32.6 Å². The Morgan fingerprint density at radius 3 is 2.76 bits per heavy atom. The number of halogens is 2. The molecule has 5 N–H and O–H groups in total. The predicted molar refractivity (Wildman–Crippen MR) is 99.9 cm³/mol. The molecule has 1 fully saturated rings. The molecule has 0 unspecified atom stereocenters. The summed E-state index contributed by atoms with van der Waals surface area (Å²) in [6.07, 6.45) is 0. The van der Waals surface area contributed by atoms with Crippen LogP contribution in [-0.4, -0.2) is 63.3 Å². The summed E-state index contributed by atoms with van der Waals surface area (Å²) in [4.78, 5) is 37.2. The number of anilines is 2. The Morgan fingerprint density at radius 1 is 1.38 bits per heavy atom. The van der Waals surface area contributed by atoms with Gasteiger partial charge in [-0.3, -0.25) is 9.59 Å². The first kappa shape index (κ1) is 22.3. The lowest BCUT2D eigenvalue weighted by Crippen LogP contribution is -2.51. The molecule has 4 amide bonds. The lowest BCUT2D eigenvalue weighted by molar-refractivity contribution is -0.125. The average molecular weight is 415 g/mol. The monoisotopic (exact) mass is 415 g/mol. The maximum atomic E-state index is 12.8. The summed E-state index contributed by atoms with van der Waals surface area (Å²) >= 11 is 0. The standard InChI is InChI=1S/C17H23F2N5O5/c1-2-21-17(27)23-11(8-20)15(26)22-10-3-4-12(13(7-10)29-16(18)19)24-5-6-28-9-14(24)25/h3-4,7,11,16H,2,5-6,8-9,20H2,1H3,(H,22,26)(H2,21,23,27)/t11-/m1/s1. The number of benzene rings is 1. The van der Waals surface area contributed by atoms with Gasteiger partial charge >= 0.3 is 12.6 Å². The van der Waals surface area contributed by atoms with Crippen molar-refractivity contribution in [1.82, 2.24) is 10.6 Å². The van der Waals surface area contributed by atoms with E-state index in [1.807, 2.05) is 0 Å². The molecule has 1 aromatic rings. The minimum absolute atomic E-state index is 0.131. The van der Waals surface area contributed by atoms with Crippen LogP contribution in [0.5, 0.6) is 5.75 Å². The van der Waals surface area contributed by atoms with Crippen LogP contribution in [0.25, 0.3) is 0 Å². The average Bonchev–Trinajstić information content (AvgIpc) is 2.67. The number of alkyl halides is 2. The van der Waals surface area contributed by atoms with E-state index in [0.29, 0.717) is 6.54 Å². The van der Waals surface area contributed by atoms with Crippen LogP contribution in [0, 0.1) is 0 Å². The van der Waals surface area contributed by atoms with E-state index >= 15 is 0 Å². The highest BCUT2D eigenvalue weighted by Crippen LogP contribution is 2.33. The number of rotatable bonds is 8. The van der Waals surface area contributed by atoms with Gasteiger partial charge in [-0.1, -0.05) is 0 Å². The number of carbonyl (C=O) groups excluding carboxylic acids is 3. The first-order valence-electron chi connectivity index (χ1n) is 8.88. The number of hydrogen-bond acceptors (Lipinski definition) is 6. The van der Waals surface area contributed by atoms with E-state index in [2.05, 4.69) is 20.7 Å². The molecule has 1 aliphatic rings. The van der Waals surface area contributed by atoms with Gasteiger partial charge in [0.2, 0.25) is 5.91 Å². The van der Waals surface area contributed by atoms with Gasteiger partial charge in [-0.05, 0) is 19.1 Å². The quantitative estimate of drug-likeness (QED) is 0.480. The topological polar surface area (TPSA) is 135 Å². The second-order valence-electron chi connectivity index (χ2n) is 5.94.